The van der Waals surface area contributed by atoms with Crippen molar-refractivity contribution in [2.24, 2.45) is 4.99 Å². The molecule has 1 atom stereocenters. The summed E-state index contributed by atoms with van der Waals surface area (Å²) in [4.78, 5) is 8.24. The first kappa shape index (κ1) is 19.5. The number of rotatable bonds is 14. The lowest BCUT2D eigenvalue weighted by Gasteiger charge is -2.28. The minimum absolute atomic E-state index is 0.196. The molecule has 6 nitrogen and oxygen atoms in total. The van der Waals surface area contributed by atoms with E-state index >= 15 is 0 Å². The minimum Gasteiger partial charge on any atom is -0.396 e. The molecule has 0 aliphatic heterocycles. The van der Waals surface area contributed by atoms with Gasteiger partial charge in [-0.05, 0) is 33.0 Å². The van der Waals surface area contributed by atoms with E-state index in [-0.39, 0.29) is 19.6 Å². The van der Waals surface area contributed by atoms with Crippen LogP contribution in [0.1, 0.15) is 26.2 Å². The largest absolute Gasteiger partial charge is 0.396 e. The standard InChI is InChI=1S/C14H31N3O3/c1-4-13-20-14(15-2)16(3)9-10-17(7-5-11-18)8-6-12-19/h14,18-19H,2,4-13H2,1,3H3. The van der Waals surface area contributed by atoms with E-state index in [1.54, 1.807) is 0 Å². The van der Waals surface area contributed by atoms with Crippen LogP contribution in [0.25, 0.3) is 0 Å². The quantitative estimate of drug-likeness (QED) is 0.358. The second-order valence-electron chi connectivity index (χ2n) is 4.86. The normalized spacial score (nSPS) is 13.1. The van der Waals surface area contributed by atoms with Crippen LogP contribution in [0.4, 0.5) is 0 Å². The molecule has 0 rings (SSSR count). The van der Waals surface area contributed by atoms with Gasteiger partial charge in [-0.25, -0.2) is 0 Å². The molecule has 2 N–H and O–H groups in total. The fourth-order valence-electron chi connectivity index (χ4n) is 1.88. The van der Waals surface area contributed by atoms with Crippen molar-refractivity contribution < 1.29 is 14.9 Å². The third-order valence-electron chi connectivity index (χ3n) is 3.04. The van der Waals surface area contributed by atoms with Gasteiger partial charge in [-0.2, -0.15) is 0 Å². The average molecular weight is 289 g/mol. The highest BCUT2D eigenvalue weighted by Gasteiger charge is 2.13. The number of nitrogens with zero attached hydrogens (tertiary/aromatic N) is 3. The Balaban J connectivity index is 4.10. The van der Waals surface area contributed by atoms with Crippen molar-refractivity contribution in [1.82, 2.24) is 9.80 Å². The number of hydrogen-bond donors (Lipinski definition) is 2. The molecule has 0 aromatic heterocycles. The van der Waals surface area contributed by atoms with E-state index in [1.807, 2.05) is 11.9 Å². The highest BCUT2D eigenvalue weighted by molar-refractivity contribution is 5.23. The number of aliphatic hydroxyl groups excluding tert-OH is 2. The van der Waals surface area contributed by atoms with Crippen LogP contribution in [-0.2, 0) is 4.74 Å². The zero-order valence-electron chi connectivity index (χ0n) is 13.0. The minimum atomic E-state index is -0.299. The van der Waals surface area contributed by atoms with Crippen LogP contribution in [0, 0.1) is 0 Å². The SMILES string of the molecule is C=NC(OCCC)N(C)CCN(CCCO)CCCO. The first-order valence-corrected chi connectivity index (χ1v) is 7.41. The van der Waals surface area contributed by atoms with Crippen LogP contribution in [0.2, 0.25) is 0 Å². The van der Waals surface area contributed by atoms with Gasteiger partial charge in [-0.3, -0.25) is 9.89 Å². The van der Waals surface area contributed by atoms with Gasteiger partial charge in [-0.1, -0.05) is 6.92 Å². The van der Waals surface area contributed by atoms with Crippen molar-refractivity contribution in [3.8, 4) is 0 Å². The molecule has 0 spiro atoms. The Morgan fingerprint density at radius 2 is 1.70 bits per heavy atom. The molecule has 0 aliphatic carbocycles. The van der Waals surface area contributed by atoms with Crippen LogP contribution in [0.3, 0.4) is 0 Å². The molecule has 1 unspecified atom stereocenters. The Morgan fingerprint density at radius 1 is 1.10 bits per heavy atom. The van der Waals surface area contributed by atoms with E-state index in [0.29, 0.717) is 6.61 Å². The highest BCUT2D eigenvalue weighted by atomic mass is 16.5. The van der Waals surface area contributed by atoms with Gasteiger partial charge in [0.2, 0.25) is 6.35 Å². The van der Waals surface area contributed by atoms with Crippen molar-refractivity contribution in [3.63, 3.8) is 0 Å². The molecule has 0 aromatic carbocycles. The molecule has 0 aliphatic rings. The van der Waals surface area contributed by atoms with Gasteiger partial charge in [0, 0.05) is 39.4 Å². The van der Waals surface area contributed by atoms with Gasteiger partial charge >= 0.3 is 0 Å². The summed E-state index contributed by atoms with van der Waals surface area (Å²) in [6.45, 7) is 10.0. The number of aliphatic hydroxyl groups is 2. The van der Waals surface area contributed by atoms with Crippen LogP contribution in [0.5, 0.6) is 0 Å². The van der Waals surface area contributed by atoms with Crippen LogP contribution >= 0.6 is 0 Å². The summed E-state index contributed by atoms with van der Waals surface area (Å²) in [6.07, 6.45) is 2.17. The van der Waals surface area contributed by atoms with Crippen molar-refractivity contribution in [2.45, 2.75) is 32.5 Å². The lowest BCUT2D eigenvalue weighted by atomic mass is 10.3. The maximum Gasteiger partial charge on any atom is 0.205 e. The van der Waals surface area contributed by atoms with Gasteiger partial charge in [0.1, 0.15) is 0 Å². The average Bonchev–Trinajstić information content (AvgIpc) is 2.47. The predicted octanol–water partition coefficient (Wildman–Crippen LogP) is 0.396. The van der Waals surface area contributed by atoms with E-state index < -0.39 is 0 Å². The summed E-state index contributed by atoms with van der Waals surface area (Å²) in [5, 5.41) is 17.8. The predicted molar refractivity (Wildman–Crippen MR) is 82.1 cm³/mol. The molecule has 0 aromatic rings. The molecular formula is C14H31N3O3. The number of ether oxygens (including phenoxy) is 1. The molecule has 0 radical (unpaired) electrons. The van der Waals surface area contributed by atoms with Crippen LogP contribution in [0.15, 0.2) is 4.99 Å². The topological polar surface area (TPSA) is 68.5 Å². The lowest BCUT2D eigenvalue weighted by Crippen LogP contribution is -2.40. The van der Waals surface area contributed by atoms with Crippen LogP contribution < -0.4 is 0 Å². The van der Waals surface area contributed by atoms with E-state index in [4.69, 9.17) is 14.9 Å². The second kappa shape index (κ2) is 13.5. The Labute approximate surface area is 123 Å². The molecule has 120 valence electrons. The molecule has 6 heteroatoms. The van der Waals surface area contributed by atoms with E-state index in [0.717, 1.165) is 45.4 Å². The van der Waals surface area contributed by atoms with Crippen LogP contribution in [-0.4, -0.2) is 86.1 Å². The smallest absolute Gasteiger partial charge is 0.205 e. The maximum atomic E-state index is 8.91. The fourth-order valence-corrected chi connectivity index (χ4v) is 1.88. The third-order valence-corrected chi connectivity index (χ3v) is 3.04. The Hall–Kier alpha value is -0.530. The summed E-state index contributed by atoms with van der Waals surface area (Å²) in [7, 11) is 1.96. The fraction of sp³-hybridized carbons (Fsp3) is 0.929. The highest BCUT2D eigenvalue weighted by Crippen LogP contribution is 2.02. The Morgan fingerprint density at radius 3 is 2.15 bits per heavy atom. The molecule has 0 heterocycles. The first-order valence-electron chi connectivity index (χ1n) is 7.41. The number of aliphatic imine (C=N–C) groups is 1. The lowest BCUT2D eigenvalue weighted by molar-refractivity contribution is -0.0431. The van der Waals surface area contributed by atoms with E-state index in [9.17, 15) is 0 Å². The maximum absolute atomic E-state index is 8.91. The molecule has 0 saturated heterocycles. The van der Waals surface area contributed by atoms with Gasteiger partial charge in [-0.15, -0.1) is 0 Å². The molecule has 0 amide bonds. The summed E-state index contributed by atoms with van der Waals surface area (Å²) in [6, 6.07) is 0. The Bertz CT molecular complexity index is 222. The van der Waals surface area contributed by atoms with Gasteiger partial charge in [0.25, 0.3) is 0 Å². The van der Waals surface area contributed by atoms with Crippen molar-refractivity contribution in [3.05, 3.63) is 0 Å². The van der Waals surface area contributed by atoms with E-state index in [1.165, 1.54) is 0 Å². The monoisotopic (exact) mass is 289 g/mol. The van der Waals surface area contributed by atoms with Crippen molar-refractivity contribution in [1.29, 1.82) is 0 Å². The molecule has 0 saturated carbocycles. The molecule has 0 bridgehead atoms. The van der Waals surface area contributed by atoms with Gasteiger partial charge in [0.05, 0.1) is 6.61 Å². The summed E-state index contributed by atoms with van der Waals surface area (Å²) >= 11 is 0. The van der Waals surface area contributed by atoms with E-state index in [2.05, 4.69) is 23.5 Å². The third kappa shape index (κ3) is 9.39. The first-order chi connectivity index (χ1) is 9.69. The zero-order valence-corrected chi connectivity index (χ0v) is 13.0. The van der Waals surface area contributed by atoms with Crippen molar-refractivity contribution >= 4 is 6.72 Å². The van der Waals surface area contributed by atoms with Gasteiger partial charge < -0.3 is 19.8 Å². The van der Waals surface area contributed by atoms with Gasteiger partial charge in [0.15, 0.2) is 0 Å². The molecule has 0 fully saturated rings. The zero-order chi connectivity index (χ0) is 15.2. The molecule has 20 heavy (non-hydrogen) atoms. The summed E-state index contributed by atoms with van der Waals surface area (Å²) in [5.74, 6) is 0. The Kier molecular flexibility index (Phi) is 13.1. The number of hydrogen-bond acceptors (Lipinski definition) is 6. The second-order valence-corrected chi connectivity index (χ2v) is 4.86. The number of likely N-dealkylation sites (N-methyl/N-ethyl adjacent to an activating group) is 1. The summed E-state index contributed by atoms with van der Waals surface area (Å²) in [5.41, 5.74) is 0. The molecular weight excluding hydrogens is 258 g/mol. The summed E-state index contributed by atoms with van der Waals surface area (Å²) < 4.78 is 5.60. The van der Waals surface area contributed by atoms with Crippen molar-refractivity contribution in [2.75, 3.05) is 53.0 Å².